The molecule has 0 aliphatic rings. The molecule has 1 aromatic carbocycles. The highest BCUT2D eigenvalue weighted by atomic mass is 32.2. The van der Waals surface area contributed by atoms with Gasteiger partial charge >= 0.3 is 0 Å². The standard InChI is InChI=1S/C16H19N3O6S/c1-16(2,23)9-26(24,25)19-14-7-10(5-6-17-14)15(22)18-11-3-4-12(20)13(21)8-11/h3-8,20-21,23H,9H2,1-2H3,(H,17,19)(H,18,22). The van der Waals surface area contributed by atoms with Crippen LogP contribution in [0.5, 0.6) is 11.5 Å². The predicted octanol–water partition coefficient (Wildman–Crippen LogP) is 1.26. The Bertz CT molecular complexity index is 922. The van der Waals surface area contributed by atoms with Crippen molar-refractivity contribution in [3.8, 4) is 11.5 Å². The van der Waals surface area contributed by atoms with Crippen molar-refractivity contribution in [1.82, 2.24) is 4.98 Å². The van der Waals surface area contributed by atoms with Gasteiger partial charge < -0.3 is 20.6 Å². The van der Waals surface area contributed by atoms with Crippen LogP contribution in [-0.2, 0) is 10.0 Å². The molecule has 140 valence electrons. The molecule has 26 heavy (non-hydrogen) atoms. The summed E-state index contributed by atoms with van der Waals surface area (Å²) in [5.74, 6) is -1.89. The summed E-state index contributed by atoms with van der Waals surface area (Å²) >= 11 is 0. The monoisotopic (exact) mass is 381 g/mol. The SMILES string of the molecule is CC(C)(O)CS(=O)(=O)Nc1cc(C(=O)Nc2ccc(O)c(O)c2)ccn1. The molecule has 5 N–H and O–H groups in total. The molecule has 1 amide bonds. The van der Waals surface area contributed by atoms with Crippen molar-refractivity contribution in [3.63, 3.8) is 0 Å². The molecule has 0 aliphatic carbocycles. The number of rotatable bonds is 6. The molecule has 2 aromatic rings. The van der Waals surface area contributed by atoms with Gasteiger partial charge in [0, 0.05) is 23.5 Å². The Balaban J connectivity index is 2.15. The van der Waals surface area contributed by atoms with Crippen molar-refractivity contribution < 1.29 is 28.5 Å². The average molecular weight is 381 g/mol. The predicted molar refractivity (Wildman–Crippen MR) is 95.7 cm³/mol. The highest BCUT2D eigenvalue weighted by Crippen LogP contribution is 2.27. The fourth-order valence-electron chi connectivity index (χ4n) is 2.09. The van der Waals surface area contributed by atoms with Crippen LogP contribution in [0.3, 0.4) is 0 Å². The van der Waals surface area contributed by atoms with Gasteiger partial charge in [0.15, 0.2) is 11.5 Å². The van der Waals surface area contributed by atoms with Crippen LogP contribution in [0.15, 0.2) is 36.5 Å². The first-order valence-corrected chi connectivity index (χ1v) is 9.13. The number of phenolic OH excluding ortho intramolecular Hbond substituents is 2. The Kier molecular flexibility index (Phi) is 5.38. The molecule has 0 radical (unpaired) electrons. The minimum absolute atomic E-state index is 0.0737. The quantitative estimate of drug-likeness (QED) is 0.373. The van der Waals surface area contributed by atoms with Crippen molar-refractivity contribution in [1.29, 1.82) is 0 Å². The molecule has 0 saturated heterocycles. The minimum atomic E-state index is -3.86. The molecule has 2 rings (SSSR count). The number of carbonyl (C=O) groups is 1. The molecular weight excluding hydrogens is 362 g/mol. The Morgan fingerprint density at radius 1 is 1.15 bits per heavy atom. The van der Waals surface area contributed by atoms with Gasteiger partial charge in [-0.25, -0.2) is 13.4 Å². The zero-order valence-electron chi connectivity index (χ0n) is 14.1. The third-order valence-electron chi connectivity index (χ3n) is 3.06. The van der Waals surface area contributed by atoms with Crippen molar-refractivity contribution >= 4 is 27.4 Å². The summed E-state index contributed by atoms with van der Waals surface area (Å²) in [6.45, 7) is 2.72. The van der Waals surface area contributed by atoms with Gasteiger partial charge in [0.05, 0.1) is 11.4 Å². The third-order valence-corrected chi connectivity index (χ3v) is 4.67. The van der Waals surface area contributed by atoms with Crippen LogP contribution < -0.4 is 10.0 Å². The molecule has 0 atom stereocenters. The molecule has 9 nitrogen and oxygen atoms in total. The van der Waals surface area contributed by atoms with E-state index >= 15 is 0 Å². The molecule has 1 heterocycles. The van der Waals surface area contributed by atoms with Crippen LogP contribution in [0.1, 0.15) is 24.2 Å². The number of hydrogen-bond donors (Lipinski definition) is 5. The summed E-state index contributed by atoms with van der Waals surface area (Å²) in [5.41, 5.74) is -1.07. The molecule has 0 spiro atoms. The Labute approximate surface area is 150 Å². The van der Waals surface area contributed by atoms with E-state index in [1.54, 1.807) is 0 Å². The second-order valence-electron chi connectivity index (χ2n) is 6.26. The van der Waals surface area contributed by atoms with E-state index in [0.717, 1.165) is 0 Å². The molecule has 10 heteroatoms. The zero-order valence-corrected chi connectivity index (χ0v) is 14.9. The second kappa shape index (κ2) is 7.18. The van der Waals surface area contributed by atoms with Crippen LogP contribution in [0.4, 0.5) is 11.5 Å². The molecule has 0 aliphatic heterocycles. The normalized spacial score (nSPS) is 11.8. The van der Waals surface area contributed by atoms with E-state index in [2.05, 4.69) is 15.0 Å². The maximum Gasteiger partial charge on any atom is 0.255 e. The first-order valence-electron chi connectivity index (χ1n) is 7.47. The first-order chi connectivity index (χ1) is 12.0. The van der Waals surface area contributed by atoms with Crippen molar-refractivity contribution in [2.24, 2.45) is 0 Å². The van der Waals surface area contributed by atoms with Gasteiger partial charge in [-0.2, -0.15) is 0 Å². The number of nitrogens with zero attached hydrogens (tertiary/aromatic N) is 1. The summed E-state index contributed by atoms with van der Waals surface area (Å²) in [5, 5.41) is 30.8. The summed E-state index contributed by atoms with van der Waals surface area (Å²) in [4.78, 5) is 16.1. The number of phenols is 2. The van der Waals surface area contributed by atoms with E-state index in [9.17, 15) is 28.5 Å². The van der Waals surface area contributed by atoms with Crippen LogP contribution in [0.2, 0.25) is 0 Å². The van der Waals surface area contributed by atoms with Gasteiger partial charge in [-0.15, -0.1) is 0 Å². The van der Waals surface area contributed by atoms with E-state index in [1.807, 2.05) is 0 Å². The molecule has 0 unspecified atom stereocenters. The molecule has 0 fully saturated rings. The van der Waals surface area contributed by atoms with Gasteiger partial charge in [0.25, 0.3) is 5.91 Å². The van der Waals surface area contributed by atoms with E-state index in [-0.39, 0.29) is 22.8 Å². The van der Waals surface area contributed by atoms with Gasteiger partial charge in [-0.3, -0.25) is 9.52 Å². The largest absolute Gasteiger partial charge is 0.504 e. The highest BCUT2D eigenvalue weighted by molar-refractivity contribution is 7.92. The topological polar surface area (TPSA) is 149 Å². The van der Waals surface area contributed by atoms with E-state index in [4.69, 9.17) is 0 Å². The zero-order chi connectivity index (χ0) is 19.5. The second-order valence-corrected chi connectivity index (χ2v) is 7.98. The third kappa shape index (κ3) is 5.60. The van der Waals surface area contributed by atoms with Crippen LogP contribution in [0, 0.1) is 0 Å². The maximum atomic E-state index is 12.3. The number of amides is 1. The summed E-state index contributed by atoms with van der Waals surface area (Å²) in [6, 6.07) is 6.39. The van der Waals surface area contributed by atoms with E-state index in [0.29, 0.717) is 0 Å². The number of pyridine rings is 1. The molecular formula is C16H19N3O6S. The van der Waals surface area contributed by atoms with E-state index in [1.165, 1.54) is 50.4 Å². The Morgan fingerprint density at radius 2 is 1.85 bits per heavy atom. The number of sulfonamides is 1. The summed E-state index contributed by atoms with van der Waals surface area (Å²) < 4.78 is 26.2. The number of nitrogens with one attached hydrogen (secondary N) is 2. The lowest BCUT2D eigenvalue weighted by Gasteiger charge is -2.17. The number of benzene rings is 1. The van der Waals surface area contributed by atoms with Gasteiger partial charge in [-0.05, 0) is 38.1 Å². The molecule has 1 aromatic heterocycles. The Hall–Kier alpha value is -2.85. The van der Waals surface area contributed by atoms with Gasteiger partial charge in [0.1, 0.15) is 5.82 Å². The minimum Gasteiger partial charge on any atom is -0.504 e. The number of aromatic nitrogens is 1. The summed E-state index contributed by atoms with van der Waals surface area (Å²) in [6.07, 6.45) is 1.26. The number of hydrogen-bond acceptors (Lipinski definition) is 7. The smallest absolute Gasteiger partial charge is 0.255 e. The van der Waals surface area contributed by atoms with E-state index < -0.39 is 33.0 Å². The van der Waals surface area contributed by atoms with Crippen molar-refractivity contribution in [3.05, 3.63) is 42.1 Å². The maximum absolute atomic E-state index is 12.3. The van der Waals surface area contributed by atoms with Crippen LogP contribution in [-0.4, -0.2) is 46.0 Å². The van der Waals surface area contributed by atoms with Crippen molar-refractivity contribution in [2.75, 3.05) is 15.8 Å². The number of carbonyl (C=O) groups excluding carboxylic acids is 1. The lowest BCUT2D eigenvalue weighted by atomic mass is 10.2. The number of aliphatic hydroxyl groups is 1. The summed E-state index contributed by atoms with van der Waals surface area (Å²) in [7, 11) is -3.86. The van der Waals surface area contributed by atoms with Gasteiger partial charge in [0.2, 0.25) is 10.0 Å². The number of anilines is 2. The lowest BCUT2D eigenvalue weighted by molar-refractivity contribution is 0.102. The Morgan fingerprint density at radius 3 is 2.46 bits per heavy atom. The fourth-order valence-corrected chi connectivity index (χ4v) is 3.52. The molecule has 0 saturated carbocycles. The van der Waals surface area contributed by atoms with Crippen molar-refractivity contribution in [2.45, 2.75) is 19.4 Å². The highest BCUT2D eigenvalue weighted by Gasteiger charge is 2.24. The first kappa shape index (κ1) is 19.5. The van der Waals surface area contributed by atoms with Crippen LogP contribution in [0.25, 0.3) is 0 Å². The van der Waals surface area contributed by atoms with Crippen LogP contribution >= 0.6 is 0 Å². The molecule has 0 bridgehead atoms. The lowest BCUT2D eigenvalue weighted by Crippen LogP contribution is -2.33. The average Bonchev–Trinajstić information content (AvgIpc) is 2.48. The number of aromatic hydroxyl groups is 2. The fraction of sp³-hybridized carbons (Fsp3) is 0.250. The van der Waals surface area contributed by atoms with Gasteiger partial charge in [-0.1, -0.05) is 0 Å².